The Hall–Kier alpha value is -2.25. The number of aromatic nitrogens is 3. The van der Waals surface area contributed by atoms with E-state index in [2.05, 4.69) is 15.6 Å². The number of ether oxygens (including phenoxy) is 1. The SMILES string of the molecule is C[C@@H](c1ccccc1)n1cc(C(=O)NCCC[NH+]2CCOCC2)nn1. The standard InChI is InChI=1S/C18H25N5O2/c1-15(16-6-3-2-4-7-16)23-14-17(20-21-23)18(24)19-8-5-9-22-10-12-25-13-11-22/h2-4,6-7,14-15H,5,8-13H2,1H3,(H,19,24)/p+1/t15-/m0/s1. The molecule has 134 valence electrons. The summed E-state index contributed by atoms with van der Waals surface area (Å²) in [5, 5.41) is 11.0. The van der Waals surface area contributed by atoms with Gasteiger partial charge in [-0.05, 0) is 12.5 Å². The molecule has 2 N–H and O–H groups in total. The molecule has 7 heteroatoms. The van der Waals surface area contributed by atoms with Gasteiger partial charge in [-0.15, -0.1) is 5.10 Å². The van der Waals surface area contributed by atoms with Crippen LogP contribution in [0.4, 0.5) is 0 Å². The highest BCUT2D eigenvalue weighted by Gasteiger charge is 2.16. The summed E-state index contributed by atoms with van der Waals surface area (Å²) in [5.41, 5.74) is 1.49. The van der Waals surface area contributed by atoms with Gasteiger partial charge in [0.1, 0.15) is 13.1 Å². The van der Waals surface area contributed by atoms with Crippen molar-refractivity contribution >= 4 is 5.91 Å². The smallest absolute Gasteiger partial charge is 0.273 e. The molecule has 0 aliphatic carbocycles. The minimum atomic E-state index is -0.163. The first-order valence-corrected chi connectivity index (χ1v) is 8.90. The van der Waals surface area contributed by atoms with Crippen LogP contribution in [0.15, 0.2) is 36.5 Å². The third kappa shape index (κ3) is 4.87. The molecule has 0 radical (unpaired) electrons. The zero-order valence-electron chi connectivity index (χ0n) is 14.6. The summed E-state index contributed by atoms with van der Waals surface area (Å²) in [5.74, 6) is -0.163. The predicted molar refractivity (Wildman–Crippen MR) is 93.6 cm³/mol. The third-order valence-electron chi connectivity index (χ3n) is 4.61. The predicted octanol–water partition coefficient (Wildman–Crippen LogP) is -0.0776. The Kier molecular flexibility index (Phi) is 6.14. The van der Waals surface area contributed by atoms with Crippen LogP contribution < -0.4 is 10.2 Å². The molecule has 1 aliphatic heterocycles. The van der Waals surface area contributed by atoms with Crippen molar-refractivity contribution in [2.24, 2.45) is 0 Å². The van der Waals surface area contributed by atoms with Gasteiger partial charge in [0, 0.05) is 13.0 Å². The number of rotatable bonds is 7. The van der Waals surface area contributed by atoms with Crippen molar-refractivity contribution in [3.8, 4) is 0 Å². The van der Waals surface area contributed by atoms with Crippen molar-refractivity contribution in [3.63, 3.8) is 0 Å². The van der Waals surface area contributed by atoms with Gasteiger partial charge in [0.25, 0.3) is 5.91 Å². The molecule has 0 bridgehead atoms. The molecule has 0 spiro atoms. The minimum absolute atomic E-state index is 0.0418. The normalized spacial score (nSPS) is 16.5. The number of quaternary nitrogens is 1. The maximum absolute atomic E-state index is 12.2. The summed E-state index contributed by atoms with van der Waals surface area (Å²) in [7, 11) is 0. The highest BCUT2D eigenvalue weighted by molar-refractivity contribution is 5.91. The largest absolute Gasteiger partial charge is 0.370 e. The van der Waals surface area contributed by atoms with Crippen LogP contribution in [0.25, 0.3) is 0 Å². The fourth-order valence-electron chi connectivity index (χ4n) is 3.00. The lowest BCUT2D eigenvalue weighted by molar-refractivity contribution is -0.908. The number of benzene rings is 1. The molecule has 0 unspecified atom stereocenters. The van der Waals surface area contributed by atoms with Gasteiger partial charge in [-0.25, -0.2) is 4.68 Å². The number of amides is 1. The summed E-state index contributed by atoms with van der Waals surface area (Å²) in [6, 6.07) is 10.1. The lowest BCUT2D eigenvalue weighted by atomic mass is 10.1. The summed E-state index contributed by atoms with van der Waals surface area (Å²) < 4.78 is 7.07. The number of hydrogen-bond acceptors (Lipinski definition) is 4. The van der Waals surface area contributed by atoms with Gasteiger partial charge in [-0.2, -0.15) is 0 Å². The average molecular weight is 344 g/mol. The average Bonchev–Trinajstić information content (AvgIpc) is 3.16. The highest BCUT2D eigenvalue weighted by Crippen LogP contribution is 2.16. The monoisotopic (exact) mass is 344 g/mol. The van der Waals surface area contributed by atoms with Crippen LogP contribution in [-0.2, 0) is 4.74 Å². The fourth-order valence-corrected chi connectivity index (χ4v) is 3.00. The minimum Gasteiger partial charge on any atom is -0.370 e. The summed E-state index contributed by atoms with van der Waals surface area (Å²) in [6.45, 7) is 7.54. The molecule has 1 atom stereocenters. The van der Waals surface area contributed by atoms with Crippen LogP contribution in [0, 0.1) is 0 Å². The lowest BCUT2D eigenvalue weighted by Gasteiger charge is -2.23. The van der Waals surface area contributed by atoms with Crippen molar-refractivity contribution in [3.05, 3.63) is 47.8 Å². The van der Waals surface area contributed by atoms with E-state index in [0.29, 0.717) is 12.2 Å². The lowest BCUT2D eigenvalue weighted by Crippen LogP contribution is -3.14. The number of carbonyl (C=O) groups excluding carboxylic acids is 1. The van der Waals surface area contributed by atoms with Gasteiger partial charge in [0.15, 0.2) is 5.69 Å². The molecule has 1 fully saturated rings. The zero-order valence-corrected chi connectivity index (χ0v) is 14.6. The second-order valence-electron chi connectivity index (χ2n) is 6.39. The number of nitrogens with zero attached hydrogens (tertiary/aromatic N) is 3. The second-order valence-corrected chi connectivity index (χ2v) is 6.39. The molecule has 1 aromatic heterocycles. The van der Waals surface area contributed by atoms with Crippen molar-refractivity contribution in [2.45, 2.75) is 19.4 Å². The number of morpholine rings is 1. The van der Waals surface area contributed by atoms with E-state index in [1.165, 1.54) is 0 Å². The van der Waals surface area contributed by atoms with Crippen molar-refractivity contribution in [1.29, 1.82) is 0 Å². The molecule has 0 saturated carbocycles. The van der Waals surface area contributed by atoms with E-state index in [1.54, 1.807) is 15.8 Å². The van der Waals surface area contributed by atoms with Gasteiger partial charge in [0.2, 0.25) is 0 Å². The molecule has 2 aromatic rings. The quantitative estimate of drug-likeness (QED) is 0.689. The Bertz CT molecular complexity index is 667. The number of nitrogens with one attached hydrogen (secondary N) is 2. The number of carbonyl (C=O) groups is 1. The maximum atomic E-state index is 12.2. The number of hydrogen-bond donors (Lipinski definition) is 2. The molecule has 1 amide bonds. The summed E-state index contributed by atoms with van der Waals surface area (Å²) in [6.07, 6.45) is 2.66. The highest BCUT2D eigenvalue weighted by atomic mass is 16.5. The Morgan fingerprint density at radius 2 is 2.08 bits per heavy atom. The van der Waals surface area contributed by atoms with Gasteiger partial charge < -0.3 is 15.0 Å². The van der Waals surface area contributed by atoms with Crippen LogP contribution in [-0.4, -0.2) is 60.3 Å². The van der Waals surface area contributed by atoms with E-state index < -0.39 is 0 Å². The Labute approximate surface area is 148 Å². The molecule has 1 saturated heterocycles. The van der Waals surface area contributed by atoms with Crippen LogP contribution in [0.1, 0.15) is 35.4 Å². The van der Waals surface area contributed by atoms with E-state index in [4.69, 9.17) is 4.74 Å². The van der Waals surface area contributed by atoms with Crippen LogP contribution >= 0.6 is 0 Å². The van der Waals surface area contributed by atoms with E-state index in [1.807, 2.05) is 37.3 Å². The third-order valence-corrected chi connectivity index (χ3v) is 4.61. The van der Waals surface area contributed by atoms with Gasteiger partial charge >= 0.3 is 0 Å². The Morgan fingerprint density at radius 1 is 1.32 bits per heavy atom. The molecule has 7 nitrogen and oxygen atoms in total. The van der Waals surface area contributed by atoms with Crippen LogP contribution in [0.3, 0.4) is 0 Å². The van der Waals surface area contributed by atoms with Crippen molar-refractivity contribution in [1.82, 2.24) is 20.3 Å². The van der Waals surface area contributed by atoms with Crippen molar-refractivity contribution in [2.75, 3.05) is 39.4 Å². The first-order valence-electron chi connectivity index (χ1n) is 8.90. The maximum Gasteiger partial charge on any atom is 0.273 e. The van der Waals surface area contributed by atoms with Gasteiger partial charge in [-0.1, -0.05) is 35.5 Å². The first-order chi connectivity index (χ1) is 12.2. The molecular weight excluding hydrogens is 318 g/mol. The Balaban J connectivity index is 1.45. The van der Waals surface area contributed by atoms with Crippen molar-refractivity contribution < 1.29 is 14.4 Å². The first kappa shape index (κ1) is 17.6. The van der Waals surface area contributed by atoms with Gasteiger partial charge in [0.05, 0.1) is 32.0 Å². The van der Waals surface area contributed by atoms with E-state index >= 15 is 0 Å². The topological polar surface area (TPSA) is 73.5 Å². The van der Waals surface area contributed by atoms with E-state index in [0.717, 1.165) is 44.8 Å². The van der Waals surface area contributed by atoms with Crippen LogP contribution in [0.5, 0.6) is 0 Å². The molecule has 2 heterocycles. The van der Waals surface area contributed by atoms with E-state index in [9.17, 15) is 4.79 Å². The second kappa shape index (κ2) is 8.73. The Morgan fingerprint density at radius 3 is 2.84 bits per heavy atom. The molecule has 25 heavy (non-hydrogen) atoms. The zero-order chi connectivity index (χ0) is 17.5. The molecule has 1 aromatic carbocycles. The molecule has 3 rings (SSSR count). The van der Waals surface area contributed by atoms with E-state index in [-0.39, 0.29) is 11.9 Å². The van der Waals surface area contributed by atoms with Gasteiger partial charge in [-0.3, -0.25) is 4.79 Å². The summed E-state index contributed by atoms with van der Waals surface area (Å²) in [4.78, 5) is 13.8. The van der Waals surface area contributed by atoms with Crippen LogP contribution in [0.2, 0.25) is 0 Å². The molecular formula is C18H26N5O2+. The molecule has 1 aliphatic rings. The summed E-state index contributed by atoms with van der Waals surface area (Å²) >= 11 is 0. The fraction of sp³-hybridized carbons (Fsp3) is 0.500.